The van der Waals surface area contributed by atoms with Crippen molar-refractivity contribution in [2.45, 2.75) is 33.0 Å². The Morgan fingerprint density at radius 2 is 1.88 bits per heavy atom. The number of benzene rings is 1. The van der Waals surface area contributed by atoms with Crippen LogP contribution in [0.2, 0.25) is 0 Å². The second kappa shape index (κ2) is 8.49. The number of anilines is 1. The van der Waals surface area contributed by atoms with Crippen LogP contribution < -0.4 is 5.32 Å². The molecule has 6 nitrogen and oxygen atoms in total. The van der Waals surface area contributed by atoms with Gasteiger partial charge in [-0.1, -0.05) is 12.1 Å². The topological polar surface area (TPSA) is 67.9 Å². The van der Waals surface area contributed by atoms with E-state index >= 15 is 0 Å². The van der Waals surface area contributed by atoms with Crippen molar-refractivity contribution in [3.05, 3.63) is 35.9 Å². The van der Waals surface area contributed by atoms with Crippen molar-refractivity contribution in [2.24, 2.45) is 0 Å². The predicted molar refractivity (Wildman–Crippen MR) is 92.7 cm³/mol. The zero-order valence-electron chi connectivity index (χ0n) is 14.3. The Labute approximate surface area is 142 Å². The minimum absolute atomic E-state index is 0.0369. The number of urea groups is 1. The highest BCUT2D eigenvalue weighted by molar-refractivity contribution is 5.90. The molecule has 0 unspecified atom stereocenters. The number of amides is 2. The number of morpholine rings is 1. The third kappa shape index (κ3) is 5.38. The van der Waals surface area contributed by atoms with Gasteiger partial charge in [-0.3, -0.25) is 0 Å². The molecule has 130 valence electrons. The molecule has 0 aromatic heterocycles. The van der Waals surface area contributed by atoms with E-state index in [1.165, 1.54) is 6.08 Å². The lowest BCUT2D eigenvalue weighted by molar-refractivity contribution is -0.137. The molecule has 0 saturated carbocycles. The Morgan fingerprint density at radius 3 is 2.46 bits per heavy atom. The highest BCUT2D eigenvalue weighted by Gasteiger charge is 2.25. The fourth-order valence-corrected chi connectivity index (χ4v) is 2.58. The second-order valence-corrected chi connectivity index (χ2v) is 5.80. The zero-order chi connectivity index (χ0) is 17.5. The van der Waals surface area contributed by atoms with E-state index in [-0.39, 0.29) is 24.2 Å². The van der Waals surface area contributed by atoms with Gasteiger partial charge in [0.2, 0.25) is 0 Å². The standard InChI is InChI=1S/C18H24N2O4/c1-4-23-17(21)10-7-15-5-8-16(9-6-15)19-18(22)20-11-13(2)24-14(3)12-20/h5-10,13-14H,4,11-12H2,1-3H3,(H,19,22)/b10-7+/t13-,14-/m1/s1. The lowest BCUT2D eigenvalue weighted by Crippen LogP contribution is -2.49. The molecule has 1 fully saturated rings. The molecule has 0 aliphatic carbocycles. The van der Waals surface area contributed by atoms with Crippen molar-refractivity contribution in [1.29, 1.82) is 0 Å². The van der Waals surface area contributed by atoms with Gasteiger partial charge in [0.15, 0.2) is 0 Å². The Hall–Kier alpha value is -2.34. The number of ether oxygens (including phenoxy) is 2. The third-order valence-electron chi connectivity index (χ3n) is 3.57. The van der Waals surface area contributed by atoms with Crippen LogP contribution in [0.4, 0.5) is 10.5 Å². The smallest absolute Gasteiger partial charge is 0.330 e. The average Bonchev–Trinajstić information content (AvgIpc) is 2.53. The summed E-state index contributed by atoms with van der Waals surface area (Å²) in [5.74, 6) is -0.370. The van der Waals surface area contributed by atoms with E-state index in [0.29, 0.717) is 25.4 Å². The number of hydrogen-bond donors (Lipinski definition) is 1. The Kier molecular flexibility index (Phi) is 6.37. The molecule has 6 heteroatoms. The first-order valence-electron chi connectivity index (χ1n) is 8.14. The van der Waals surface area contributed by atoms with Crippen molar-refractivity contribution in [3.63, 3.8) is 0 Å². The Bertz CT molecular complexity index is 588. The fraction of sp³-hybridized carbons (Fsp3) is 0.444. The van der Waals surface area contributed by atoms with Crippen LogP contribution in [0, 0.1) is 0 Å². The summed E-state index contributed by atoms with van der Waals surface area (Å²) in [5.41, 5.74) is 1.56. The van der Waals surface area contributed by atoms with E-state index in [0.717, 1.165) is 5.56 Å². The van der Waals surface area contributed by atoms with Gasteiger partial charge < -0.3 is 19.7 Å². The summed E-state index contributed by atoms with van der Waals surface area (Å²) in [4.78, 5) is 25.3. The van der Waals surface area contributed by atoms with Crippen LogP contribution in [-0.2, 0) is 14.3 Å². The van der Waals surface area contributed by atoms with Gasteiger partial charge in [0.1, 0.15) is 0 Å². The molecule has 1 N–H and O–H groups in total. The summed E-state index contributed by atoms with van der Waals surface area (Å²) in [6.07, 6.45) is 3.13. The predicted octanol–water partition coefficient (Wildman–Crippen LogP) is 2.90. The van der Waals surface area contributed by atoms with Gasteiger partial charge in [-0.15, -0.1) is 0 Å². The maximum atomic E-state index is 12.3. The summed E-state index contributed by atoms with van der Waals surface area (Å²) < 4.78 is 10.5. The number of carbonyl (C=O) groups is 2. The first kappa shape index (κ1) is 18.0. The van der Waals surface area contributed by atoms with E-state index in [9.17, 15) is 9.59 Å². The van der Waals surface area contributed by atoms with Gasteiger partial charge in [-0.2, -0.15) is 0 Å². The molecule has 1 saturated heterocycles. The van der Waals surface area contributed by atoms with Crippen LogP contribution in [-0.4, -0.2) is 48.8 Å². The molecular weight excluding hydrogens is 308 g/mol. The van der Waals surface area contributed by atoms with Crippen LogP contribution >= 0.6 is 0 Å². The fourth-order valence-electron chi connectivity index (χ4n) is 2.58. The number of carbonyl (C=O) groups excluding carboxylic acids is 2. The van der Waals surface area contributed by atoms with Gasteiger partial charge in [0.25, 0.3) is 0 Å². The van der Waals surface area contributed by atoms with Crippen molar-refractivity contribution in [2.75, 3.05) is 25.0 Å². The minimum Gasteiger partial charge on any atom is -0.463 e. The molecule has 0 bridgehead atoms. The molecule has 24 heavy (non-hydrogen) atoms. The van der Waals surface area contributed by atoms with Gasteiger partial charge >= 0.3 is 12.0 Å². The molecule has 0 spiro atoms. The van der Waals surface area contributed by atoms with E-state index in [1.807, 2.05) is 26.0 Å². The van der Waals surface area contributed by atoms with Crippen molar-refractivity contribution < 1.29 is 19.1 Å². The SMILES string of the molecule is CCOC(=O)/C=C/c1ccc(NC(=O)N2C[C@@H](C)O[C@H](C)C2)cc1. The summed E-state index contributed by atoms with van der Waals surface area (Å²) in [6, 6.07) is 7.13. The average molecular weight is 332 g/mol. The molecule has 1 aromatic carbocycles. The normalized spacial score (nSPS) is 20.9. The van der Waals surface area contributed by atoms with Crippen LogP contribution in [0.5, 0.6) is 0 Å². The van der Waals surface area contributed by atoms with Crippen LogP contribution in [0.25, 0.3) is 6.08 Å². The van der Waals surface area contributed by atoms with Crippen molar-refractivity contribution >= 4 is 23.8 Å². The number of hydrogen-bond acceptors (Lipinski definition) is 4. The highest BCUT2D eigenvalue weighted by atomic mass is 16.5. The number of nitrogens with one attached hydrogen (secondary N) is 1. The molecule has 2 rings (SSSR count). The largest absolute Gasteiger partial charge is 0.463 e. The molecule has 2 amide bonds. The molecule has 1 heterocycles. The van der Waals surface area contributed by atoms with Crippen molar-refractivity contribution in [1.82, 2.24) is 4.90 Å². The lowest BCUT2D eigenvalue weighted by atomic mass is 10.2. The molecule has 0 radical (unpaired) electrons. The third-order valence-corrected chi connectivity index (χ3v) is 3.57. The molecular formula is C18H24N2O4. The zero-order valence-corrected chi connectivity index (χ0v) is 14.3. The van der Waals surface area contributed by atoms with Crippen molar-refractivity contribution in [3.8, 4) is 0 Å². The van der Waals surface area contributed by atoms with Gasteiger partial charge in [-0.25, -0.2) is 9.59 Å². The van der Waals surface area contributed by atoms with E-state index in [1.54, 1.807) is 30.0 Å². The monoisotopic (exact) mass is 332 g/mol. The summed E-state index contributed by atoms with van der Waals surface area (Å²) in [5, 5.41) is 2.88. The van der Waals surface area contributed by atoms with Crippen LogP contribution in [0.3, 0.4) is 0 Å². The Morgan fingerprint density at radius 1 is 1.25 bits per heavy atom. The molecule has 1 aliphatic rings. The number of nitrogens with zero attached hydrogens (tertiary/aromatic N) is 1. The van der Waals surface area contributed by atoms with Gasteiger partial charge in [0.05, 0.1) is 18.8 Å². The van der Waals surface area contributed by atoms with Gasteiger partial charge in [-0.05, 0) is 44.5 Å². The summed E-state index contributed by atoms with van der Waals surface area (Å²) in [6.45, 7) is 7.19. The van der Waals surface area contributed by atoms with E-state index in [4.69, 9.17) is 9.47 Å². The van der Waals surface area contributed by atoms with E-state index in [2.05, 4.69) is 5.32 Å². The Balaban J connectivity index is 1.91. The second-order valence-electron chi connectivity index (χ2n) is 5.80. The highest BCUT2D eigenvalue weighted by Crippen LogP contribution is 2.15. The summed E-state index contributed by atoms with van der Waals surface area (Å²) >= 11 is 0. The molecule has 1 aliphatic heterocycles. The number of rotatable bonds is 4. The number of esters is 1. The van der Waals surface area contributed by atoms with Gasteiger partial charge in [0, 0.05) is 24.9 Å². The maximum absolute atomic E-state index is 12.3. The maximum Gasteiger partial charge on any atom is 0.330 e. The molecule has 1 aromatic rings. The van der Waals surface area contributed by atoms with E-state index < -0.39 is 0 Å². The lowest BCUT2D eigenvalue weighted by Gasteiger charge is -2.35. The summed E-state index contributed by atoms with van der Waals surface area (Å²) in [7, 11) is 0. The van der Waals surface area contributed by atoms with Crippen LogP contribution in [0.1, 0.15) is 26.3 Å². The first-order chi connectivity index (χ1) is 11.5. The quantitative estimate of drug-likeness (QED) is 0.680. The van der Waals surface area contributed by atoms with Crippen LogP contribution in [0.15, 0.2) is 30.3 Å². The molecule has 2 atom stereocenters. The first-order valence-corrected chi connectivity index (χ1v) is 8.14. The minimum atomic E-state index is -0.370.